The number of hydrogen-bond donors (Lipinski definition) is 0. The van der Waals surface area contributed by atoms with Crippen molar-refractivity contribution in [2.45, 2.75) is 17.6 Å². The molecule has 21 heavy (non-hydrogen) atoms. The molecule has 0 amide bonds. The van der Waals surface area contributed by atoms with Gasteiger partial charge >= 0.3 is 6.36 Å². The second-order valence-electron chi connectivity index (χ2n) is 4.42. The molecule has 6 heteroatoms. The van der Waals surface area contributed by atoms with Gasteiger partial charge < -0.3 is 4.74 Å². The third-order valence-corrected chi connectivity index (χ3v) is 3.63. The summed E-state index contributed by atoms with van der Waals surface area (Å²) in [6.45, 7) is 0. The summed E-state index contributed by atoms with van der Waals surface area (Å²) in [5.41, 5.74) is 1.58. The molecule has 0 radical (unpaired) electrons. The predicted molar refractivity (Wildman–Crippen MR) is 74.9 cm³/mol. The van der Waals surface area contributed by atoms with Gasteiger partial charge in [-0.25, -0.2) is 4.39 Å². The van der Waals surface area contributed by atoms with E-state index in [9.17, 15) is 17.6 Å². The summed E-state index contributed by atoms with van der Waals surface area (Å²) in [5.74, 6) is -0.585. The first-order valence-corrected chi connectivity index (χ1v) is 6.99. The van der Waals surface area contributed by atoms with Crippen molar-refractivity contribution in [2.24, 2.45) is 0 Å². The quantitative estimate of drug-likeness (QED) is 0.522. The highest BCUT2D eigenvalue weighted by Crippen LogP contribution is 2.30. The van der Waals surface area contributed by atoms with Gasteiger partial charge in [0.1, 0.15) is 11.6 Å². The van der Waals surface area contributed by atoms with E-state index in [2.05, 4.69) is 20.7 Å². The molecule has 0 saturated heterocycles. The van der Waals surface area contributed by atoms with Gasteiger partial charge in [0.15, 0.2) is 0 Å². The Morgan fingerprint density at radius 2 is 1.71 bits per heavy atom. The fourth-order valence-corrected chi connectivity index (χ4v) is 2.55. The van der Waals surface area contributed by atoms with Gasteiger partial charge in [-0.15, -0.1) is 13.2 Å². The maximum absolute atomic E-state index is 13.1. The van der Waals surface area contributed by atoms with Crippen LogP contribution in [0.4, 0.5) is 17.6 Å². The van der Waals surface area contributed by atoms with Gasteiger partial charge in [0.05, 0.1) is 0 Å². The molecule has 0 spiro atoms. The highest BCUT2D eigenvalue weighted by molar-refractivity contribution is 9.09. The standard InChI is InChI=1S/C15H11BrF4O/c16-14(9-10-2-1-3-12(17)8-10)11-4-6-13(7-5-11)21-15(18,19)20/h1-8,14H,9H2. The van der Waals surface area contributed by atoms with Crippen LogP contribution < -0.4 is 4.74 Å². The van der Waals surface area contributed by atoms with Crippen LogP contribution in [-0.2, 0) is 6.42 Å². The van der Waals surface area contributed by atoms with E-state index in [1.807, 2.05) is 0 Å². The van der Waals surface area contributed by atoms with E-state index in [1.165, 1.54) is 24.3 Å². The third kappa shape index (κ3) is 5.04. The fourth-order valence-electron chi connectivity index (χ4n) is 1.87. The van der Waals surface area contributed by atoms with Crippen LogP contribution in [0, 0.1) is 5.82 Å². The average Bonchev–Trinajstić information content (AvgIpc) is 2.37. The van der Waals surface area contributed by atoms with E-state index in [1.54, 1.807) is 24.3 Å². The van der Waals surface area contributed by atoms with Crippen LogP contribution >= 0.6 is 15.9 Å². The molecule has 1 nitrogen and oxygen atoms in total. The molecule has 0 aliphatic rings. The summed E-state index contributed by atoms with van der Waals surface area (Å²) >= 11 is 3.45. The summed E-state index contributed by atoms with van der Waals surface area (Å²) in [5, 5.41) is 0. The Balaban J connectivity index is 2.04. The Labute approximate surface area is 127 Å². The monoisotopic (exact) mass is 362 g/mol. The minimum Gasteiger partial charge on any atom is -0.406 e. The molecule has 0 aromatic heterocycles. The lowest BCUT2D eigenvalue weighted by Crippen LogP contribution is -2.17. The molecule has 0 saturated carbocycles. The topological polar surface area (TPSA) is 9.23 Å². The molecular weight excluding hydrogens is 352 g/mol. The Morgan fingerprint density at radius 3 is 2.29 bits per heavy atom. The number of halogens is 5. The summed E-state index contributed by atoms with van der Waals surface area (Å²) in [7, 11) is 0. The van der Waals surface area contributed by atoms with Crippen molar-refractivity contribution >= 4 is 15.9 Å². The maximum Gasteiger partial charge on any atom is 0.573 e. The van der Waals surface area contributed by atoms with Crippen LogP contribution in [0.5, 0.6) is 5.75 Å². The van der Waals surface area contributed by atoms with Gasteiger partial charge in [0, 0.05) is 4.83 Å². The highest BCUT2D eigenvalue weighted by Gasteiger charge is 2.31. The number of rotatable bonds is 4. The van der Waals surface area contributed by atoms with Crippen LogP contribution in [0.25, 0.3) is 0 Å². The smallest absolute Gasteiger partial charge is 0.406 e. The van der Waals surface area contributed by atoms with Crippen LogP contribution in [-0.4, -0.2) is 6.36 Å². The Kier molecular flexibility index (Phi) is 4.88. The van der Waals surface area contributed by atoms with Gasteiger partial charge in [-0.1, -0.05) is 40.2 Å². The van der Waals surface area contributed by atoms with Gasteiger partial charge in [-0.3, -0.25) is 0 Å². The van der Waals surface area contributed by atoms with E-state index in [4.69, 9.17) is 0 Å². The van der Waals surface area contributed by atoms with Crippen molar-refractivity contribution < 1.29 is 22.3 Å². The first kappa shape index (κ1) is 15.8. The van der Waals surface area contributed by atoms with E-state index < -0.39 is 6.36 Å². The zero-order valence-corrected chi connectivity index (χ0v) is 12.3. The van der Waals surface area contributed by atoms with Crippen molar-refractivity contribution in [3.8, 4) is 5.75 Å². The van der Waals surface area contributed by atoms with Crippen LogP contribution in [0.2, 0.25) is 0 Å². The minimum absolute atomic E-state index is 0.126. The second-order valence-corrected chi connectivity index (χ2v) is 5.52. The molecule has 0 heterocycles. The summed E-state index contributed by atoms with van der Waals surface area (Å²) < 4.78 is 53.1. The zero-order valence-electron chi connectivity index (χ0n) is 10.7. The lowest BCUT2D eigenvalue weighted by molar-refractivity contribution is -0.274. The number of benzene rings is 2. The molecule has 2 rings (SSSR count). The molecule has 1 unspecified atom stereocenters. The first-order valence-electron chi connectivity index (χ1n) is 6.08. The Bertz CT molecular complexity index is 595. The highest BCUT2D eigenvalue weighted by atomic mass is 79.9. The number of hydrogen-bond acceptors (Lipinski definition) is 1. The van der Waals surface area contributed by atoms with Crippen molar-refractivity contribution in [2.75, 3.05) is 0 Å². The van der Waals surface area contributed by atoms with Gasteiger partial charge in [0.25, 0.3) is 0 Å². The summed E-state index contributed by atoms with van der Waals surface area (Å²) in [6.07, 6.45) is -4.17. The van der Waals surface area contributed by atoms with E-state index >= 15 is 0 Å². The maximum atomic E-state index is 13.1. The SMILES string of the molecule is Fc1cccc(CC(Br)c2ccc(OC(F)(F)F)cc2)c1. The molecule has 1 atom stereocenters. The lowest BCUT2D eigenvalue weighted by Gasteiger charge is -2.12. The lowest BCUT2D eigenvalue weighted by atomic mass is 10.0. The van der Waals surface area contributed by atoms with Crippen LogP contribution in [0.15, 0.2) is 48.5 Å². The molecule has 0 aliphatic heterocycles. The fraction of sp³-hybridized carbons (Fsp3) is 0.200. The summed E-state index contributed by atoms with van der Waals surface area (Å²) in [4.78, 5) is -0.126. The van der Waals surface area contributed by atoms with E-state index in [0.29, 0.717) is 6.42 Å². The molecule has 112 valence electrons. The van der Waals surface area contributed by atoms with E-state index in [0.717, 1.165) is 11.1 Å². The summed E-state index contributed by atoms with van der Waals surface area (Å²) in [6, 6.07) is 11.8. The van der Waals surface area contributed by atoms with Crippen molar-refractivity contribution in [3.63, 3.8) is 0 Å². The van der Waals surface area contributed by atoms with Crippen molar-refractivity contribution in [3.05, 3.63) is 65.5 Å². The normalized spacial score (nSPS) is 13.0. The van der Waals surface area contributed by atoms with Gasteiger partial charge in [-0.05, 0) is 41.8 Å². The van der Waals surface area contributed by atoms with E-state index in [-0.39, 0.29) is 16.4 Å². The van der Waals surface area contributed by atoms with Crippen molar-refractivity contribution in [1.82, 2.24) is 0 Å². The molecule has 2 aromatic carbocycles. The largest absolute Gasteiger partial charge is 0.573 e. The molecule has 0 N–H and O–H groups in total. The number of alkyl halides is 4. The number of ether oxygens (including phenoxy) is 1. The van der Waals surface area contributed by atoms with Crippen LogP contribution in [0.3, 0.4) is 0 Å². The van der Waals surface area contributed by atoms with Crippen molar-refractivity contribution in [1.29, 1.82) is 0 Å². The van der Waals surface area contributed by atoms with Gasteiger partial charge in [0.2, 0.25) is 0 Å². The predicted octanol–water partition coefficient (Wildman–Crippen LogP) is 5.40. The van der Waals surface area contributed by atoms with Crippen LogP contribution in [0.1, 0.15) is 16.0 Å². The second kappa shape index (κ2) is 6.47. The molecule has 0 fully saturated rings. The minimum atomic E-state index is -4.70. The molecule has 0 aliphatic carbocycles. The molecular formula is C15H11BrF4O. The molecule has 0 bridgehead atoms. The Morgan fingerprint density at radius 1 is 1.05 bits per heavy atom. The molecule has 2 aromatic rings. The Hall–Kier alpha value is -1.56. The first-order chi connectivity index (χ1) is 9.83. The average molecular weight is 363 g/mol. The third-order valence-electron chi connectivity index (χ3n) is 2.78. The zero-order chi connectivity index (χ0) is 15.5. The van der Waals surface area contributed by atoms with Gasteiger partial charge in [-0.2, -0.15) is 0 Å².